The Labute approximate surface area is 175 Å². The molecule has 1 unspecified atom stereocenters. The van der Waals surface area contributed by atoms with Gasteiger partial charge in [-0.05, 0) is 12.2 Å². The highest BCUT2D eigenvalue weighted by molar-refractivity contribution is 7.99. The fraction of sp³-hybridized carbons (Fsp3) is 0.950. The molecule has 0 spiro atoms. The van der Waals surface area contributed by atoms with Crippen molar-refractivity contribution >= 4 is 25.1 Å². The van der Waals surface area contributed by atoms with Crippen LogP contribution in [0.1, 0.15) is 96.8 Å². The molecule has 0 aromatic rings. The van der Waals surface area contributed by atoms with Crippen molar-refractivity contribution in [3.05, 3.63) is 0 Å². The molecular weight excluding hydrogens is 399 g/mol. The molecule has 2 atom stereocenters. The van der Waals surface area contributed by atoms with Gasteiger partial charge in [-0.3, -0.25) is 4.52 Å². The van der Waals surface area contributed by atoms with Gasteiger partial charge in [0, 0.05) is 5.75 Å². The number of thioether (sulfide) groups is 1. The molecule has 0 amide bonds. The molecule has 0 fully saturated rings. The van der Waals surface area contributed by atoms with Gasteiger partial charge < -0.3 is 15.1 Å². The van der Waals surface area contributed by atoms with Crippen molar-refractivity contribution in [2.24, 2.45) is 0 Å². The minimum absolute atomic E-state index is 0.373. The van der Waals surface area contributed by atoms with E-state index in [1.807, 2.05) is 0 Å². The van der Waals surface area contributed by atoms with Crippen molar-refractivity contribution in [3.63, 3.8) is 0 Å². The van der Waals surface area contributed by atoms with Gasteiger partial charge in [0.2, 0.25) is 0 Å². The molecule has 3 N–H and O–H groups in total. The van der Waals surface area contributed by atoms with Gasteiger partial charge in [-0.25, -0.2) is 9.36 Å². The average molecular weight is 441 g/mol. The van der Waals surface area contributed by atoms with E-state index in [2.05, 4.69) is 11.4 Å². The Bertz CT molecular complexity index is 422. The molecule has 0 aliphatic carbocycles. The van der Waals surface area contributed by atoms with Crippen molar-refractivity contribution in [3.8, 4) is 0 Å². The number of hydrogen-bond donors (Lipinski definition) is 3. The predicted octanol–water partition coefficient (Wildman–Crippen LogP) is 6.44. The van der Waals surface area contributed by atoms with E-state index >= 15 is 0 Å². The summed E-state index contributed by atoms with van der Waals surface area (Å²) >= 11 is 1.56. The molecule has 0 bridgehead atoms. The van der Waals surface area contributed by atoms with E-state index in [0.717, 1.165) is 12.2 Å². The van der Waals surface area contributed by atoms with Gasteiger partial charge >= 0.3 is 13.3 Å². The van der Waals surface area contributed by atoms with E-state index < -0.39 is 26.0 Å². The van der Waals surface area contributed by atoms with Gasteiger partial charge in [0.15, 0.2) is 0 Å². The first-order valence-corrected chi connectivity index (χ1v) is 13.6. The van der Waals surface area contributed by atoms with Gasteiger partial charge in [0.05, 0.1) is 12.7 Å². The number of rotatable bonds is 21. The van der Waals surface area contributed by atoms with E-state index in [9.17, 15) is 14.5 Å². The Kier molecular flexibility index (Phi) is 18.9. The molecule has 6 nitrogen and oxygen atoms in total. The summed E-state index contributed by atoms with van der Waals surface area (Å²) in [6, 6.07) is 0. The van der Waals surface area contributed by atoms with Crippen LogP contribution in [0.2, 0.25) is 0 Å². The van der Waals surface area contributed by atoms with Crippen LogP contribution in [0.5, 0.6) is 0 Å². The van der Waals surface area contributed by atoms with E-state index in [-0.39, 0.29) is 0 Å². The van der Waals surface area contributed by atoms with E-state index in [0.29, 0.717) is 5.75 Å². The summed E-state index contributed by atoms with van der Waals surface area (Å²) < 4.78 is 15.4. The Morgan fingerprint density at radius 2 is 1.32 bits per heavy atom. The minimum Gasteiger partial charge on any atom is -0.472 e. The smallest absolute Gasteiger partial charge is 0.435 e. The lowest BCUT2D eigenvalue weighted by Gasteiger charge is -2.12. The first-order chi connectivity index (χ1) is 13.4. The maximum Gasteiger partial charge on any atom is 0.435 e. The lowest BCUT2D eigenvalue weighted by Crippen LogP contribution is -2.18. The second-order valence-corrected chi connectivity index (χ2v) is 10.3. The maximum absolute atomic E-state index is 11.1. The summed E-state index contributed by atoms with van der Waals surface area (Å²) in [7, 11) is -4.65. The van der Waals surface area contributed by atoms with Gasteiger partial charge in [0.25, 0.3) is 0 Å². The number of hydrogen-bond acceptors (Lipinski definition) is 5. The SMILES string of the molecule is CCCCCCCCCCCCCCCCSC[C@H](O)COP(=O)(O)C(=O)O. The number of carbonyl (C=O) groups is 1. The van der Waals surface area contributed by atoms with Gasteiger partial charge in [0.1, 0.15) is 0 Å². The third-order valence-electron chi connectivity index (χ3n) is 4.64. The van der Waals surface area contributed by atoms with Crippen LogP contribution in [-0.2, 0) is 9.09 Å². The van der Waals surface area contributed by atoms with Crippen molar-refractivity contribution in [1.29, 1.82) is 0 Å². The number of aliphatic hydroxyl groups is 1. The first-order valence-electron chi connectivity index (χ1n) is 10.9. The molecule has 0 aliphatic heterocycles. The largest absolute Gasteiger partial charge is 0.472 e. The summed E-state index contributed by atoms with van der Waals surface area (Å²) in [6.45, 7) is 1.82. The van der Waals surface area contributed by atoms with Gasteiger partial charge in [-0.15, -0.1) is 0 Å². The highest BCUT2D eigenvalue weighted by Crippen LogP contribution is 2.42. The van der Waals surface area contributed by atoms with Crippen LogP contribution in [0.15, 0.2) is 0 Å². The van der Waals surface area contributed by atoms with Gasteiger partial charge in [-0.2, -0.15) is 11.8 Å². The van der Waals surface area contributed by atoms with Crippen LogP contribution in [-0.4, -0.2) is 45.0 Å². The zero-order valence-electron chi connectivity index (χ0n) is 17.5. The van der Waals surface area contributed by atoms with E-state index in [1.54, 1.807) is 11.8 Å². The predicted molar refractivity (Wildman–Crippen MR) is 117 cm³/mol. The zero-order valence-corrected chi connectivity index (χ0v) is 19.2. The summed E-state index contributed by atoms with van der Waals surface area (Å²) in [5, 5.41) is 18.1. The van der Waals surface area contributed by atoms with Crippen molar-refractivity contribution in [1.82, 2.24) is 0 Å². The van der Waals surface area contributed by atoms with Crippen molar-refractivity contribution in [2.45, 2.75) is 103 Å². The Morgan fingerprint density at radius 1 is 0.893 bits per heavy atom. The van der Waals surface area contributed by atoms with E-state index in [4.69, 9.17) is 10.00 Å². The molecule has 0 aromatic heterocycles. The normalized spacial score (nSPS) is 14.7. The highest BCUT2D eigenvalue weighted by atomic mass is 32.2. The number of carboxylic acid groups (broad SMARTS) is 1. The molecule has 0 aromatic carbocycles. The fourth-order valence-corrected chi connectivity index (χ4v) is 4.34. The number of aliphatic hydroxyl groups excluding tert-OH is 1. The molecule has 168 valence electrons. The molecule has 0 rings (SSSR count). The Morgan fingerprint density at radius 3 is 1.75 bits per heavy atom. The fourth-order valence-electron chi connectivity index (χ4n) is 2.91. The molecule has 0 saturated heterocycles. The maximum atomic E-state index is 11.1. The topological polar surface area (TPSA) is 104 Å². The zero-order chi connectivity index (χ0) is 21.1. The van der Waals surface area contributed by atoms with Crippen molar-refractivity contribution < 1.29 is 29.0 Å². The third kappa shape index (κ3) is 18.0. The standard InChI is InChI=1S/C20H41O6PS/c1-2-3-4-5-6-7-8-9-10-11-12-13-14-15-16-28-18-19(21)17-26-27(24,25)20(22)23/h19,21H,2-18H2,1H3,(H,22,23)(H,24,25)/t19-/m1/s1. The highest BCUT2D eigenvalue weighted by Gasteiger charge is 2.30. The Hall–Kier alpha value is -0.0700. The lowest BCUT2D eigenvalue weighted by atomic mass is 10.0. The summed E-state index contributed by atoms with van der Waals surface area (Å²) in [5.74, 6) is 1.29. The van der Waals surface area contributed by atoms with E-state index in [1.165, 1.54) is 83.5 Å². The quantitative estimate of drug-likeness (QED) is 0.139. The van der Waals surface area contributed by atoms with Gasteiger partial charge in [-0.1, -0.05) is 90.4 Å². The first kappa shape index (κ1) is 27.9. The third-order valence-corrected chi connectivity index (χ3v) is 6.82. The molecule has 28 heavy (non-hydrogen) atoms. The van der Waals surface area contributed by atoms with Crippen LogP contribution in [0, 0.1) is 0 Å². The molecule has 0 heterocycles. The van der Waals surface area contributed by atoms with Crippen LogP contribution in [0.25, 0.3) is 0 Å². The monoisotopic (exact) mass is 440 g/mol. The lowest BCUT2D eigenvalue weighted by molar-refractivity contribution is 0.115. The van der Waals surface area contributed by atoms with Crippen LogP contribution < -0.4 is 0 Å². The summed E-state index contributed by atoms with van der Waals surface area (Å²) in [6.07, 6.45) is 17.6. The summed E-state index contributed by atoms with van der Waals surface area (Å²) in [5.41, 5.74) is -1.89. The summed E-state index contributed by atoms with van der Waals surface area (Å²) in [4.78, 5) is 19.4. The second kappa shape index (κ2) is 18.9. The average Bonchev–Trinajstić information content (AvgIpc) is 2.66. The Balaban J connectivity index is 3.27. The van der Waals surface area contributed by atoms with Crippen LogP contribution in [0.4, 0.5) is 4.79 Å². The van der Waals surface area contributed by atoms with Crippen LogP contribution >= 0.6 is 19.4 Å². The molecule has 0 radical (unpaired) electrons. The molecule has 0 aliphatic rings. The van der Waals surface area contributed by atoms with Crippen molar-refractivity contribution in [2.75, 3.05) is 18.1 Å². The molecule has 0 saturated carbocycles. The second-order valence-electron chi connectivity index (χ2n) is 7.42. The molecule has 8 heteroatoms. The minimum atomic E-state index is -4.65. The molecular formula is C20H41O6PS. The van der Waals surface area contributed by atoms with Crippen LogP contribution in [0.3, 0.4) is 0 Å². The number of unbranched alkanes of at least 4 members (excludes halogenated alkanes) is 13.